The van der Waals surface area contributed by atoms with E-state index >= 15 is 0 Å². The Morgan fingerprint density at radius 3 is 2.87 bits per heavy atom. The fourth-order valence-electron chi connectivity index (χ4n) is 3.22. The Bertz CT molecular complexity index is 1060. The van der Waals surface area contributed by atoms with E-state index in [1.807, 2.05) is 30.3 Å². The molecule has 2 heterocycles. The third kappa shape index (κ3) is 6.37. The van der Waals surface area contributed by atoms with Crippen LogP contribution in [0.4, 0.5) is 11.8 Å². The molecule has 0 bridgehead atoms. The van der Waals surface area contributed by atoms with E-state index < -0.39 is 0 Å². The first-order chi connectivity index (χ1) is 15.2. The van der Waals surface area contributed by atoms with Crippen molar-refractivity contribution in [2.24, 2.45) is 0 Å². The van der Waals surface area contributed by atoms with E-state index in [9.17, 15) is 4.79 Å². The summed E-state index contributed by atoms with van der Waals surface area (Å²) in [6.45, 7) is 0.607. The molecule has 4 N–H and O–H groups in total. The zero-order chi connectivity index (χ0) is 21.5. The van der Waals surface area contributed by atoms with Crippen LogP contribution in [0.25, 0.3) is 17.3 Å². The van der Waals surface area contributed by atoms with Crippen LogP contribution in [0.2, 0.25) is 0 Å². The molecule has 7 nitrogen and oxygen atoms in total. The van der Waals surface area contributed by atoms with Gasteiger partial charge in [0, 0.05) is 42.7 Å². The van der Waals surface area contributed by atoms with Crippen molar-refractivity contribution >= 4 is 23.7 Å². The highest BCUT2D eigenvalue weighted by molar-refractivity contribution is 5.91. The van der Waals surface area contributed by atoms with Crippen LogP contribution in [0.5, 0.6) is 0 Å². The molecule has 0 aliphatic heterocycles. The van der Waals surface area contributed by atoms with Gasteiger partial charge in [0.1, 0.15) is 5.82 Å². The summed E-state index contributed by atoms with van der Waals surface area (Å²) in [5, 5.41) is 6.29. The first-order valence-corrected chi connectivity index (χ1v) is 10.5. The molecule has 31 heavy (non-hydrogen) atoms. The number of amides is 1. The monoisotopic (exact) mass is 414 g/mol. The average molecular weight is 415 g/mol. The van der Waals surface area contributed by atoms with Gasteiger partial charge in [0.05, 0.1) is 5.69 Å². The Morgan fingerprint density at radius 2 is 2.06 bits per heavy atom. The highest BCUT2D eigenvalue weighted by atomic mass is 16.1. The lowest BCUT2D eigenvalue weighted by Crippen LogP contribution is -2.22. The molecule has 0 unspecified atom stereocenters. The Morgan fingerprint density at radius 1 is 1.16 bits per heavy atom. The molecule has 158 valence electrons. The van der Waals surface area contributed by atoms with Gasteiger partial charge < -0.3 is 16.4 Å². The summed E-state index contributed by atoms with van der Waals surface area (Å²) >= 11 is 0. The number of aromatic nitrogens is 3. The molecule has 1 aromatic carbocycles. The summed E-state index contributed by atoms with van der Waals surface area (Å²) in [7, 11) is 0. The van der Waals surface area contributed by atoms with Gasteiger partial charge >= 0.3 is 0 Å². The third-order valence-corrected chi connectivity index (χ3v) is 4.95. The van der Waals surface area contributed by atoms with Crippen molar-refractivity contribution in [3.05, 3.63) is 72.1 Å². The average Bonchev–Trinajstić information content (AvgIpc) is 3.60. The van der Waals surface area contributed by atoms with E-state index in [1.165, 1.54) is 24.5 Å². The first-order valence-electron chi connectivity index (χ1n) is 10.5. The van der Waals surface area contributed by atoms with Gasteiger partial charge in [-0.2, -0.15) is 4.98 Å². The van der Waals surface area contributed by atoms with E-state index in [4.69, 9.17) is 5.73 Å². The lowest BCUT2D eigenvalue weighted by Gasteiger charge is -2.09. The Kier molecular flexibility index (Phi) is 6.52. The second-order valence-electron chi connectivity index (χ2n) is 7.63. The normalized spacial score (nSPS) is 13.3. The number of rotatable bonds is 9. The fraction of sp³-hybridized carbons (Fsp3) is 0.250. The van der Waals surface area contributed by atoms with Crippen LogP contribution in [0.1, 0.15) is 30.4 Å². The van der Waals surface area contributed by atoms with Crippen LogP contribution < -0.4 is 16.4 Å². The van der Waals surface area contributed by atoms with Crippen LogP contribution in [0.3, 0.4) is 0 Å². The van der Waals surface area contributed by atoms with Crippen molar-refractivity contribution in [2.75, 3.05) is 17.6 Å². The SMILES string of the molecule is Nc1nc(NC2CC2)cc(-c2cccc(CCCNC(=O)/C=C/c3cccnc3)c2)n1. The number of aryl methyl sites for hydroxylation is 1. The van der Waals surface area contributed by atoms with Crippen LogP contribution >= 0.6 is 0 Å². The van der Waals surface area contributed by atoms with E-state index in [0.29, 0.717) is 12.6 Å². The second kappa shape index (κ2) is 9.84. The molecule has 2 aromatic heterocycles. The summed E-state index contributed by atoms with van der Waals surface area (Å²) in [6, 6.07) is 14.4. The molecule has 0 saturated heterocycles. The number of pyridine rings is 1. The number of nitrogens with zero attached hydrogens (tertiary/aromatic N) is 3. The number of hydrogen-bond acceptors (Lipinski definition) is 6. The zero-order valence-electron chi connectivity index (χ0n) is 17.3. The van der Waals surface area contributed by atoms with Crippen molar-refractivity contribution in [1.82, 2.24) is 20.3 Å². The van der Waals surface area contributed by atoms with Gasteiger partial charge in [-0.25, -0.2) is 4.98 Å². The number of nitrogen functional groups attached to an aromatic ring is 1. The lowest BCUT2D eigenvalue weighted by atomic mass is 10.0. The molecule has 0 radical (unpaired) electrons. The maximum atomic E-state index is 12.0. The number of nitrogens with one attached hydrogen (secondary N) is 2. The van der Waals surface area contributed by atoms with Gasteiger partial charge in [-0.05, 0) is 55.0 Å². The minimum absolute atomic E-state index is 0.107. The van der Waals surface area contributed by atoms with Crippen molar-refractivity contribution in [1.29, 1.82) is 0 Å². The Labute approximate surface area is 181 Å². The predicted octanol–water partition coefficient (Wildman–Crippen LogP) is 3.46. The molecular formula is C24H26N6O. The van der Waals surface area contributed by atoms with Crippen molar-refractivity contribution in [2.45, 2.75) is 31.7 Å². The van der Waals surface area contributed by atoms with E-state index in [0.717, 1.165) is 35.5 Å². The maximum Gasteiger partial charge on any atom is 0.244 e. The number of anilines is 2. The molecule has 4 rings (SSSR count). The topological polar surface area (TPSA) is 106 Å². The van der Waals surface area contributed by atoms with Crippen molar-refractivity contribution in [3.63, 3.8) is 0 Å². The lowest BCUT2D eigenvalue weighted by molar-refractivity contribution is -0.116. The standard InChI is InChI=1S/C24H26N6O/c25-24-29-21(15-22(30-24)28-20-9-10-20)19-7-1-4-17(14-19)5-3-13-27-23(31)11-8-18-6-2-12-26-16-18/h1-2,4,6-8,11-12,14-16,20H,3,5,9-10,13H2,(H,27,31)(H3,25,28,29,30)/b11-8+. The second-order valence-corrected chi connectivity index (χ2v) is 7.63. The highest BCUT2D eigenvalue weighted by Crippen LogP contribution is 2.27. The maximum absolute atomic E-state index is 12.0. The molecular weight excluding hydrogens is 388 g/mol. The molecule has 0 spiro atoms. The molecule has 3 aromatic rings. The van der Waals surface area contributed by atoms with Crippen LogP contribution in [-0.2, 0) is 11.2 Å². The largest absolute Gasteiger partial charge is 0.368 e. The molecule has 1 fully saturated rings. The Balaban J connectivity index is 1.29. The van der Waals surface area contributed by atoms with E-state index in [2.05, 4.69) is 37.7 Å². The summed E-state index contributed by atoms with van der Waals surface area (Å²) < 4.78 is 0. The Hall–Kier alpha value is -3.74. The van der Waals surface area contributed by atoms with Crippen molar-refractivity contribution < 1.29 is 4.79 Å². The van der Waals surface area contributed by atoms with Gasteiger partial charge in [-0.3, -0.25) is 9.78 Å². The first kappa shape index (κ1) is 20.5. The molecule has 7 heteroatoms. The van der Waals surface area contributed by atoms with E-state index in [1.54, 1.807) is 18.5 Å². The molecule has 0 atom stereocenters. The number of carbonyl (C=O) groups excluding carboxylic acids is 1. The van der Waals surface area contributed by atoms with Crippen LogP contribution in [0, 0.1) is 0 Å². The van der Waals surface area contributed by atoms with Gasteiger partial charge in [-0.1, -0.05) is 24.3 Å². The minimum Gasteiger partial charge on any atom is -0.368 e. The summed E-state index contributed by atoms with van der Waals surface area (Å²) in [5.41, 5.74) is 9.81. The number of nitrogens with two attached hydrogens (primary N) is 1. The van der Waals surface area contributed by atoms with E-state index in [-0.39, 0.29) is 11.9 Å². The predicted molar refractivity (Wildman–Crippen MR) is 123 cm³/mol. The van der Waals surface area contributed by atoms with Crippen molar-refractivity contribution in [3.8, 4) is 11.3 Å². The minimum atomic E-state index is -0.107. The summed E-state index contributed by atoms with van der Waals surface area (Å²) in [4.78, 5) is 24.7. The number of carbonyl (C=O) groups is 1. The smallest absolute Gasteiger partial charge is 0.244 e. The van der Waals surface area contributed by atoms with Crippen LogP contribution in [-0.4, -0.2) is 33.4 Å². The van der Waals surface area contributed by atoms with Gasteiger partial charge in [0.15, 0.2) is 0 Å². The number of hydrogen-bond donors (Lipinski definition) is 3. The molecule has 1 aliphatic carbocycles. The number of benzene rings is 1. The summed E-state index contributed by atoms with van der Waals surface area (Å²) in [5.74, 6) is 0.940. The van der Waals surface area contributed by atoms with Gasteiger partial charge in [0.2, 0.25) is 11.9 Å². The van der Waals surface area contributed by atoms with Gasteiger partial charge in [-0.15, -0.1) is 0 Å². The quantitative estimate of drug-likeness (QED) is 0.366. The molecule has 1 aliphatic rings. The summed E-state index contributed by atoms with van der Waals surface area (Å²) in [6.07, 6.45) is 10.7. The molecule has 1 saturated carbocycles. The fourth-order valence-corrected chi connectivity index (χ4v) is 3.22. The molecule has 1 amide bonds. The van der Waals surface area contributed by atoms with Crippen LogP contribution in [0.15, 0.2) is 60.9 Å². The van der Waals surface area contributed by atoms with Gasteiger partial charge in [0.25, 0.3) is 0 Å². The zero-order valence-corrected chi connectivity index (χ0v) is 17.3. The highest BCUT2D eigenvalue weighted by Gasteiger charge is 2.21. The third-order valence-electron chi connectivity index (χ3n) is 4.95.